The van der Waals surface area contributed by atoms with E-state index in [2.05, 4.69) is 15.0 Å². The first kappa shape index (κ1) is 11.1. The van der Waals surface area contributed by atoms with Crippen molar-refractivity contribution >= 4 is 28.1 Å². The Morgan fingerprint density at radius 3 is 2.67 bits per heavy atom. The third-order valence-corrected chi connectivity index (χ3v) is 3.58. The lowest BCUT2D eigenvalue weighted by Gasteiger charge is -2.05. The van der Waals surface area contributed by atoms with Gasteiger partial charge in [0.1, 0.15) is 11.5 Å². The summed E-state index contributed by atoms with van der Waals surface area (Å²) in [4.78, 5) is 13.3. The highest BCUT2D eigenvalue weighted by molar-refractivity contribution is 7.09. The second-order valence-electron chi connectivity index (χ2n) is 4.16. The smallest absolute Gasteiger partial charge is 0.181 e. The van der Waals surface area contributed by atoms with Gasteiger partial charge < -0.3 is 5.73 Å². The molecule has 0 aliphatic rings. The van der Waals surface area contributed by atoms with Gasteiger partial charge in [0.2, 0.25) is 0 Å². The van der Waals surface area contributed by atoms with Gasteiger partial charge in [-0.05, 0) is 25.5 Å². The molecule has 90 valence electrons. The van der Waals surface area contributed by atoms with E-state index in [9.17, 15) is 0 Å². The minimum absolute atomic E-state index is 0.504. The van der Waals surface area contributed by atoms with Crippen LogP contribution in [0.2, 0.25) is 0 Å². The molecule has 3 rings (SSSR count). The van der Waals surface area contributed by atoms with Crippen LogP contribution in [-0.2, 0) is 0 Å². The van der Waals surface area contributed by atoms with Gasteiger partial charge in [-0.3, -0.25) is 0 Å². The van der Waals surface area contributed by atoms with Crippen molar-refractivity contribution in [3.05, 3.63) is 34.2 Å². The maximum Gasteiger partial charge on any atom is 0.181 e. The molecule has 1 aromatic carbocycles. The first-order chi connectivity index (χ1) is 8.65. The van der Waals surface area contributed by atoms with E-state index in [-0.39, 0.29) is 0 Å². The van der Waals surface area contributed by atoms with Crippen LogP contribution in [0.3, 0.4) is 0 Å². The van der Waals surface area contributed by atoms with E-state index >= 15 is 0 Å². The monoisotopic (exact) mass is 256 g/mol. The summed E-state index contributed by atoms with van der Waals surface area (Å²) < 4.78 is 0. The Labute approximate surface area is 109 Å². The molecule has 0 saturated carbocycles. The van der Waals surface area contributed by atoms with Crippen LogP contribution in [0.5, 0.6) is 0 Å². The Morgan fingerprint density at radius 2 is 1.94 bits per heavy atom. The number of para-hydroxylation sites is 1. The number of nitrogens with two attached hydrogens (primary N) is 1. The van der Waals surface area contributed by atoms with Crippen LogP contribution >= 0.6 is 11.3 Å². The quantitative estimate of drug-likeness (QED) is 0.727. The van der Waals surface area contributed by atoms with Gasteiger partial charge in [0.15, 0.2) is 5.82 Å². The van der Waals surface area contributed by atoms with E-state index in [4.69, 9.17) is 5.73 Å². The Bertz CT molecular complexity index is 733. The maximum atomic E-state index is 5.99. The van der Waals surface area contributed by atoms with Crippen LogP contribution in [0.4, 0.5) is 5.82 Å². The van der Waals surface area contributed by atoms with E-state index < -0.39 is 0 Å². The number of fused-ring (bicyclic) bond motifs is 1. The molecule has 0 unspecified atom stereocenters. The second kappa shape index (κ2) is 4.03. The van der Waals surface area contributed by atoms with Crippen molar-refractivity contribution in [1.29, 1.82) is 0 Å². The summed E-state index contributed by atoms with van der Waals surface area (Å²) in [6.45, 7) is 3.98. The molecule has 0 saturated heterocycles. The highest BCUT2D eigenvalue weighted by Crippen LogP contribution is 2.25. The number of aromatic nitrogens is 3. The molecule has 0 aliphatic heterocycles. The van der Waals surface area contributed by atoms with Crippen molar-refractivity contribution in [2.45, 2.75) is 13.8 Å². The number of thiazole rings is 1. The topological polar surface area (TPSA) is 64.7 Å². The number of rotatable bonds is 1. The standard InChI is InChI=1S/C13H12N4S/c1-7-4-3-5-9-11(7)16-13(17-12(9)14)10-6-18-8(2)15-10/h3-6H,1-2H3,(H2,14,16,17). The fourth-order valence-corrected chi connectivity index (χ4v) is 2.49. The first-order valence-corrected chi connectivity index (χ1v) is 6.48. The van der Waals surface area contributed by atoms with Crippen LogP contribution < -0.4 is 5.73 Å². The molecule has 0 atom stereocenters. The molecule has 5 heteroatoms. The van der Waals surface area contributed by atoms with Crippen molar-refractivity contribution in [3.8, 4) is 11.5 Å². The maximum absolute atomic E-state index is 5.99. The number of anilines is 1. The largest absolute Gasteiger partial charge is 0.383 e. The summed E-state index contributed by atoms with van der Waals surface area (Å²) in [6.07, 6.45) is 0. The number of nitrogens with zero attached hydrogens (tertiary/aromatic N) is 3. The van der Waals surface area contributed by atoms with Gasteiger partial charge in [-0.1, -0.05) is 12.1 Å². The third-order valence-electron chi connectivity index (χ3n) is 2.81. The lowest BCUT2D eigenvalue weighted by atomic mass is 10.1. The molecule has 0 spiro atoms. The van der Waals surface area contributed by atoms with Gasteiger partial charge in [0.25, 0.3) is 0 Å². The van der Waals surface area contributed by atoms with Crippen molar-refractivity contribution in [2.24, 2.45) is 0 Å². The van der Waals surface area contributed by atoms with Crippen molar-refractivity contribution in [2.75, 3.05) is 5.73 Å². The molecule has 0 bridgehead atoms. The number of benzene rings is 1. The van der Waals surface area contributed by atoms with Crippen molar-refractivity contribution in [1.82, 2.24) is 15.0 Å². The molecule has 2 N–H and O–H groups in total. The molecule has 4 nitrogen and oxygen atoms in total. The summed E-state index contributed by atoms with van der Waals surface area (Å²) in [5, 5.41) is 3.84. The first-order valence-electron chi connectivity index (χ1n) is 5.60. The molecule has 3 aromatic rings. The van der Waals surface area contributed by atoms with E-state index in [0.717, 1.165) is 27.2 Å². The number of hydrogen-bond acceptors (Lipinski definition) is 5. The van der Waals surface area contributed by atoms with Crippen molar-refractivity contribution in [3.63, 3.8) is 0 Å². The summed E-state index contributed by atoms with van der Waals surface area (Å²) in [5.74, 6) is 1.10. The molecule has 0 fully saturated rings. The summed E-state index contributed by atoms with van der Waals surface area (Å²) in [5.41, 5.74) is 8.77. The van der Waals surface area contributed by atoms with Gasteiger partial charge in [-0.15, -0.1) is 11.3 Å². The average molecular weight is 256 g/mol. The molecule has 0 amide bonds. The summed E-state index contributed by atoms with van der Waals surface area (Å²) in [6, 6.07) is 5.92. The zero-order valence-electron chi connectivity index (χ0n) is 10.1. The van der Waals surface area contributed by atoms with Crippen LogP contribution in [-0.4, -0.2) is 15.0 Å². The molecule has 18 heavy (non-hydrogen) atoms. The van der Waals surface area contributed by atoms with Gasteiger partial charge >= 0.3 is 0 Å². The second-order valence-corrected chi connectivity index (χ2v) is 5.22. The Balaban J connectivity index is 2.29. The van der Waals surface area contributed by atoms with E-state index in [1.54, 1.807) is 11.3 Å². The minimum atomic E-state index is 0.504. The average Bonchev–Trinajstić information content (AvgIpc) is 2.77. The van der Waals surface area contributed by atoms with Gasteiger partial charge in [-0.25, -0.2) is 15.0 Å². The van der Waals surface area contributed by atoms with Crippen LogP contribution in [0.1, 0.15) is 10.6 Å². The van der Waals surface area contributed by atoms with E-state index in [0.29, 0.717) is 11.6 Å². The SMILES string of the molecule is Cc1nc(-c2nc(N)c3cccc(C)c3n2)cs1. The number of hydrogen-bond donors (Lipinski definition) is 1. The summed E-state index contributed by atoms with van der Waals surface area (Å²) in [7, 11) is 0. The highest BCUT2D eigenvalue weighted by Gasteiger charge is 2.10. The molecular weight excluding hydrogens is 244 g/mol. The van der Waals surface area contributed by atoms with Crippen LogP contribution in [0.25, 0.3) is 22.4 Å². The van der Waals surface area contributed by atoms with Crippen molar-refractivity contribution < 1.29 is 0 Å². The molecule has 0 aliphatic carbocycles. The predicted molar refractivity (Wildman–Crippen MR) is 74.5 cm³/mol. The Hall–Kier alpha value is -2.01. The van der Waals surface area contributed by atoms with Gasteiger partial charge in [0, 0.05) is 10.8 Å². The predicted octanol–water partition coefficient (Wildman–Crippen LogP) is 2.95. The van der Waals surface area contributed by atoms with Crippen LogP contribution in [0.15, 0.2) is 23.6 Å². The minimum Gasteiger partial charge on any atom is -0.383 e. The normalized spacial score (nSPS) is 11.0. The Morgan fingerprint density at radius 1 is 1.11 bits per heavy atom. The zero-order chi connectivity index (χ0) is 12.7. The van der Waals surface area contributed by atoms with Crippen LogP contribution in [0, 0.1) is 13.8 Å². The van der Waals surface area contributed by atoms with E-state index in [1.165, 1.54) is 0 Å². The zero-order valence-corrected chi connectivity index (χ0v) is 11.0. The summed E-state index contributed by atoms with van der Waals surface area (Å²) >= 11 is 1.58. The number of aryl methyl sites for hydroxylation is 2. The lowest BCUT2D eigenvalue weighted by molar-refractivity contribution is 1.18. The fraction of sp³-hybridized carbons (Fsp3) is 0.154. The molecule has 0 radical (unpaired) electrons. The Kier molecular flexibility index (Phi) is 2.48. The molecular formula is C13H12N4S. The lowest BCUT2D eigenvalue weighted by Crippen LogP contribution is -1.99. The van der Waals surface area contributed by atoms with Gasteiger partial charge in [-0.2, -0.15) is 0 Å². The molecule has 2 heterocycles. The molecule has 2 aromatic heterocycles. The van der Waals surface area contributed by atoms with Gasteiger partial charge in [0.05, 0.1) is 10.5 Å². The third kappa shape index (κ3) is 1.73. The van der Waals surface area contributed by atoms with E-state index in [1.807, 2.05) is 37.4 Å². The highest BCUT2D eigenvalue weighted by atomic mass is 32.1. The number of nitrogen functional groups attached to an aromatic ring is 1. The fourth-order valence-electron chi connectivity index (χ4n) is 1.90.